The van der Waals surface area contributed by atoms with Crippen LogP contribution in [0.5, 0.6) is 0 Å². The van der Waals surface area contributed by atoms with Crippen LogP contribution in [0.4, 0.5) is 0 Å². The summed E-state index contributed by atoms with van der Waals surface area (Å²) in [5, 5.41) is 19.3. The molecule has 21 heavy (non-hydrogen) atoms. The van der Waals surface area contributed by atoms with Crippen LogP contribution in [0.1, 0.15) is 45.4 Å². The second kappa shape index (κ2) is 6.02. The van der Waals surface area contributed by atoms with Crippen LogP contribution in [0.2, 0.25) is 0 Å². The predicted octanol–water partition coefficient (Wildman–Crippen LogP) is 0.262. The van der Waals surface area contributed by atoms with Gasteiger partial charge in [-0.3, -0.25) is 9.59 Å². The Hall–Kier alpha value is -0.980. The first kappa shape index (κ1) is 16.4. The van der Waals surface area contributed by atoms with Gasteiger partial charge >= 0.3 is 5.97 Å². The molecule has 3 unspecified atom stereocenters. The molecule has 0 aromatic carbocycles. The molecular formula is C15H26N2O4. The van der Waals surface area contributed by atoms with Gasteiger partial charge in [-0.25, -0.2) is 0 Å². The number of aliphatic carboxylic acids is 1. The van der Waals surface area contributed by atoms with E-state index >= 15 is 0 Å². The van der Waals surface area contributed by atoms with Crippen molar-refractivity contribution in [1.82, 2.24) is 0 Å². The molecule has 0 aliphatic heterocycles. The lowest BCUT2D eigenvalue weighted by atomic mass is 9.66. The van der Waals surface area contributed by atoms with Gasteiger partial charge in [0, 0.05) is 6.04 Å². The fourth-order valence-corrected chi connectivity index (χ4v) is 4.33. The van der Waals surface area contributed by atoms with Gasteiger partial charge in [-0.2, -0.15) is 0 Å². The average molecular weight is 298 g/mol. The maximum absolute atomic E-state index is 12.7. The van der Waals surface area contributed by atoms with Crippen molar-refractivity contribution in [2.24, 2.45) is 28.7 Å². The highest BCUT2D eigenvalue weighted by Crippen LogP contribution is 2.59. The number of carbonyl (C=O) groups excluding carboxylic acids is 1. The quantitative estimate of drug-likeness (QED) is 0.534. The Morgan fingerprint density at radius 3 is 2.24 bits per heavy atom. The van der Waals surface area contributed by atoms with E-state index in [9.17, 15) is 14.7 Å². The van der Waals surface area contributed by atoms with Crippen molar-refractivity contribution in [3.63, 3.8) is 0 Å². The number of aliphatic hydroxyl groups is 1. The van der Waals surface area contributed by atoms with E-state index in [1.807, 2.05) is 0 Å². The van der Waals surface area contributed by atoms with Crippen LogP contribution in [0.3, 0.4) is 0 Å². The standard InChI is InChI=1S/C15H26N2O4/c1-8(16)13(20)12(14(21)10(17)6-11(18)19)15-4-2-9(7-15)3-5-15/h8-10,12-13,20H,2-7,16-17H2,1H3,(H,18,19)/t8?,9?,10-,12?,13?,15?/m0/s1. The van der Waals surface area contributed by atoms with Gasteiger partial charge in [-0.05, 0) is 50.4 Å². The third-order valence-corrected chi connectivity index (χ3v) is 5.40. The number of carbonyl (C=O) groups is 2. The normalized spacial score (nSPS) is 33.4. The number of Topliss-reactive ketones (excluding diaryl/α,β-unsaturated/α-hetero) is 1. The van der Waals surface area contributed by atoms with Gasteiger partial charge in [0.1, 0.15) is 0 Å². The largest absolute Gasteiger partial charge is 0.481 e. The van der Waals surface area contributed by atoms with Crippen LogP contribution in [-0.4, -0.2) is 40.2 Å². The Labute approximate surface area is 124 Å². The molecule has 6 N–H and O–H groups in total. The predicted molar refractivity (Wildman–Crippen MR) is 77.4 cm³/mol. The molecule has 0 heterocycles. The molecule has 2 rings (SSSR count). The van der Waals surface area contributed by atoms with Crippen LogP contribution >= 0.6 is 0 Å². The van der Waals surface area contributed by atoms with Crippen molar-refractivity contribution in [3.8, 4) is 0 Å². The molecule has 2 saturated carbocycles. The highest BCUT2D eigenvalue weighted by molar-refractivity contribution is 5.90. The number of ketones is 1. The first-order valence-corrected chi connectivity index (χ1v) is 7.71. The van der Waals surface area contributed by atoms with Crippen molar-refractivity contribution in [1.29, 1.82) is 0 Å². The van der Waals surface area contributed by atoms with E-state index in [1.165, 1.54) is 0 Å². The van der Waals surface area contributed by atoms with Crippen LogP contribution in [0.25, 0.3) is 0 Å². The topological polar surface area (TPSA) is 127 Å². The first-order valence-electron chi connectivity index (χ1n) is 7.71. The van der Waals surface area contributed by atoms with Gasteiger partial charge in [0.15, 0.2) is 5.78 Å². The number of carboxylic acids is 1. The summed E-state index contributed by atoms with van der Waals surface area (Å²) in [5.41, 5.74) is 11.3. The van der Waals surface area contributed by atoms with Gasteiger partial charge in [0.2, 0.25) is 0 Å². The van der Waals surface area contributed by atoms with E-state index in [1.54, 1.807) is 6.92 Å². The lowest BCUT2D eigenvalue weighted by molar-refractivity contribution is -0.143. The number of carboxylic acid groups (broad SMARTS) is 1. The molecule has 0 spiro atoms. The average Bonchev–Trinajstić information content (AvgIpc) is 2.98. The minimum absolute atomic E-state index is 0.231. The monoisotopic (exact) mass is 298 g/mol. The van der Waals surface area contributed by atoms with E-state index in [0.29, 0.717) is 5.92 Å². The van der Waals surface area contributed by atoms with E-state index in [-0.39, 0.29) is 11.2 Å². The molecule has 2 fully saturated rings. The molecule has 0 saturated heterocycles. The maximum Gasteiger partial charge on any atom is 0.305 e. The number of hydrogen-bond donors (Lipinski definition) is 4. The lowest BCUT2D eigenvalue weighted by Crippen LogP contribution is -2.53. The first-order chi connectivity index (χ1) is 9.77. The van der Waals surface area contributed by atoms with E-state index in [0.717, 1.165) is 32.1 Å². The van der Waals surface area contributed by atoms with Crippen molar-refractivity contribution < 1.29 is 19.8 Å². The molecule has 4 atom stereocenters. The van der Waals surface area contributed by atoms with Crippen molar-refractivity contribution in [3.05, 3.63) is 0 Å². The summed E-state index contributed by atoms with van der Waals surface area (Å²) in [6.45, 7) is 1.67. The van der Waals surface area contributed by atoms with E-state index in [4.69, 9.17) is 16.6 Å². The Balaban J connectivity index is 2.24. The Kier molecular flexibility index (Phi) is 4.70. The number of aliphatic hydroxyl groups excluding tert-OH is 1. The summed E-state index contributed by atoms with van der Waals surface area (Å²) in [5.74, 6) is -1.46. The summed E-state index contributed by atoms with van der Waals surface area (Å²) in [6.07, 6.45) is 3.50. The Morgan fingerprint density at radius 1 is 1.29 bits per heavy atom. The number of fused-ring (bicyclic) bond motifs is 2. The van der Waals surface area contributed by atoms with Gasteiger partial charge in [-0.15, -0.1) is 0 Å². The zero-order valence-corrected chi connectivity index (χ0v) is 12.5. The van der Waals surface area contributed by atoms with Crippen molar-refractivity contribution >= 4 is 11.8 Å². The third kappa shape index (κ3) is 3.12. The summed E-state index contributed by atoms with van der Waals surface area (Å²) in [4.78, 5) is 23.5. The summed E-state index contributed by atoms with van der Waals surface area (Å²) >= 11 is 0. The smallest absolute Gasteiger partial charge is 0.305 e. The SMILES string of the molecule is CC(N)C(O)C(C(=O)[C@@H](N)CC(=O)O)C12CCC(CC1)C2. The molecule has 0 radical (unpaired) electrons. The van der Waals surface area contributed by atoms with Gasteiger partial charge in [-0.1, -0.05) is 0 Å². The molecule has 2 aliphatic carbocycles. The highest BCUT2D eigenvalue weighted by atomic mass is 16.4. The summed E-state index contributed by atoms with van der Waals surface area (Å²) in [7, 11) is 0. The second-order valence-electron chi connectivity index (χ2n) is 6.94. The molecule has 0 aromatic heterocycles. The third-order valence-electron chi connectivity index (χ3n) is 5.40. The zero-order chi connectivity index (χ0) is 15.8. The van der Waals surface area contributed by atoms with Crippen molar-refractivity contribution in [2.45, 2.75) is 63.6 Å². The van der Waals surface area contributed by atoms with Crippen LogP contribution < -0.4 is 11.5 Å². The highest BCUT2D eigenvalue weighted by Gasteiger charge is 2.55. The molecule has 6 nitrogen and oxygen atoms in total. The molecule has 0 aromatic rings. The van der Waals surface area contributed by atoms with Gasteiger partial charge in [0.05, 0.1) is 24.5 Å². The van der Waals surface area contributed by atoms with Gasteiger partial charge in [0.25, 0.3) is 0 Å². The van der Waals surface area contributed by atoms with Crippen molar-refractivity contribution in [2.75, 3.05) is 0 Å². The fraction of sp³-hybridized carbons (Fsp3) is 0.867. The van der Waals surface area contributed by atoms with E-state index in [2.05, 4.69) is 0 Å². The molecule has 2 bridgehead atoms. The second-order valence-corrected chi connectivity index (χ2v) is 6.94. The Bertz CT molecular complexity index is 416. The number of rotatable bonds is 7. The fourth-order valence-electron chi connectivity index (χ4n) is 4.33. The Morgan fingerprint density at radius 2 is 1.86 bits per heavy atom. The minimum atomic E-state index is -1.10. The number of nitrogens with two attached hydrogens (primary N) is 2. The van der Waals surface area contributed by atoms with Crippen LogP contribution in [0, 0.1) is 17.3 Å². The molecule has 120 valence electrons. The molecule has 0 amide bonds. The van der Waals surface area contributed by atoms with Crippen LogP contribution in [-0.2, 0) is 9.59 Å². The molecule has 6 heteroatoms. The number of hydrogen-bond acceptors (Lipinski definition) is 5. The maximum atomic E-state index is 12.7. The zero-order valence-electron chi connectivity index (χ0n) is 12.5. The summed E-state index contributed by atoms with van der Waals surface area (Å²) < 4.78 is 0. The summed E-state index contributed by atoms with van der Waals surface area (Å²) in [6, 6.07) is -1.61. The van der Waals surface area contributed by atoms with E-state index < -0.39 is 36.5 Å². The lowest BCUT2D eigenvalue weighted by Gasteiger charge is -2.40. The molecular weight excluding hydrogens is 272 g/mol. The van der Waals surface area contributed by atoms with Crippen LogP contribution in [0.15, 0.2) is 0 Å². The molecule has 2 aliphatic rings. The van der Waals surface area contributed by atoms with Gasteiger partial charge < -0.3 is 21.7 Å². The minimum Gasteiger partial charge on any atom is -0.481 e.